The highest BCUT2D eigenvalue weighted by Gasteiger charge is 2.27. The topological polar surface area (TPSA) is 72.0 Å². The van der Waals surface area contributed by atoms with Crippen LogP contribution in [0.2, 0.25) is 0 Å². The second kappa shape index (κ2) is 6.51. The number of methoxy groups -OCH3 is 1. The lowest BCUT2D eigenvalue weighted by atomic mass is 9.86. The summed E-state index contributed by atoms with van der Waals surface area (Å²) < 4.78 is 11.3. The van der Waals surface area contributed by atoms with Gasteiger partial charge in [0.05, 0.1) is 18.5 Å². The van der Waals surface area contributed by atoms with Crippen LogP contribution in [-0.2, 0) is 12.8 Å². The van der Waals surface area contributed by atoms with E-state index < -0.39 is 0 Å². The van der Waals surface area contributed by atoms with E-state index in [0.717, 1.165) is 53.3 Å². The summed E-state index contributed by atoms with van der Waals surface area (Å²) in [5.41, 5.74) is 3.78. The highest BCUT2D eigenvalue weighted by molar-refractivity contribution is 5.78. The maximum Gasteiger partial charge on any atom is 0.226 e. The Balaban J connectivity index is 1.64. The average molecular weight is 333 g/mol. The van der Waals surface area contributed by atoms with Crippen LogP contribution in [0.25, 0.3) is 11.5 Å². The van der Waals surface area contributed by atoms with E-state index in [9.17, 15) is 0 Å². The number of aromatic nitrogens is 2. The van der Waals surface area contributed by atoms with Gasteiger partial charge < -0.3 is 14.6 Å². The summed E-state index contributed by atoms with van der Waals surface area (Å²) in [7, 11) is 1.65. The number of hydrogen-bond donors (Lipinski definition) is 1. The maximum absolute atomic E-state index is 7.59. The van der Waals surface area contributed by atoms with Gasteiger partial charge in [-0.05, 0) is 30.7 Å². The fourth-order valence-electron chi connectivity index (χ4n) is 3.39. The van der Waals surface area contributed by atoms with Crippen molar-refractivity contribution in [2.24, 2.45) is 0 Å². The van der Waals surface area contributed by atoms with E-state index in [-0.39, 0.29) is 5.92 Å². The van der Waals surface area contributed by atoms with Crippen LogP contribution in [0.15, 0.2) is 47.0 Å². The molecule has 1 aliphatic rings. The first kappa shape index (κ1) is 15.6. The molecule has 0 radical (unpaired) electrons. The van der Waals surface area contributed by atoms with Gasteiger partial charge in [-0.1, -0.05) is 12.1 Å². The molecule has 0 fully saturated rings. The van der Waals surface area contributed by atoms with Gasteiger partial charge in [0, 0.05) is 42.3 Å². The van der Waals surface area contributed by atoms with Crippen LogP contribution in [0, 0.1) is 5.41 Å². The van der Waals surface area contributed by atoms with Gasteiger partial charge in [-0.2, -0.15) is 0 Å². The minimum Gasteiger partial charge on any atom is -0.497 e. The van der Waals surface area contributed by atoms with Crippen molar-refractivity contribution < 1.29 is 9.15 Å². The number of aryl methyl sites for hydroxylation is 1. The van der Waals surface area contributed by atoms with Crippen molar-refractivity contribution in [1.82, 2.24) is 9.97 Å². The number of pyridine rings is 1. The Labute approximate surface area is 146 Å². The molecule has 126 valence electrons. The fourth-order valence-corrected chi connectivity index (χ4v) is 3.39. The molecule has 1 atom stereocenters. The van der Waals surface area contributed by atoms with E-state index in [0.29, 0.717) is 5.89 Å². The number of fused-ring (bicyclic) bond motifs is 1. The molecule has 1 aliphatic carbocycles. The Bertz CT molecular complexity index is 917. The van der Waals surface area contributed by atoms with Crippen molar-refractivity contribution in [2.75, 3.05) is 7.11 Å². The average Bonchev–Trinajstić information content (AvgIpc) is 3.11. The van der Waals surface area contributed by atoms with E-state index in [4.69, 9.17) is 19.5 Å². The van der Waals surface area contributed by atoms with Gasteiger partial charge in [-0.15, -0.1) is 0 Å². The Morgan fingerprint density at radius 1 is 1.28 bits per heavy atom. The third-order valence-corrected chi connectivity index (χ3v) is 4.67. The molecule has 0 amide bonds. The summed E-state index contributed by atoms with van der Waals surface area (Å²) in [6.07, 6.45) is 5.76. The molecule has 0 saturated heterocycles. The van der Waals surface area contributed by atoms with Crippen LogP contribution in [0.5, 0.6) is 5.75 Å². The molecule has 1 unspecified atom stereocenters. The van der Waals surface area contributed by atoms with Crippen LogP contribution < -0.4 is 4.74 Å². The molecule has 0 aliphatic heterocycles. The second-order valence-corrected chi connectivity index (χ2v) is 6.18. The Hall–Kier alpha value is -2.95. The SMILES string of the molecule is COc1cccc(-c2nc3c(o2)CCC(c2ncccc2C=N)C3)c1. The summed E-state index contributed by atoms with van der Waals surface area (Å²) in [5, 5.41) is 7.59. The van der Waals surface area contributed by atoms with E-state index in [1.807, 2.05) is 36.4 Å². The van der Waals surface area contributed by atoms with Crippen LogP contribution >= 0.6 is 0 Å². The lowest BCUT2D eigenvalue weighted by molar-refractivity contribution is 0.414. The molecule has 5 nitrogen and oxygen atoms in total. The summed E-state index contributed by atoms with van der Waals surface area (Å²) in [6, 6.07) is 11.6. The molecule has 2 heterocycles. The Morgan fingerprint density at radius 3 is 3.04 bits per heavy atom. The van der Waals surface area contributed by atoms with Crippen molar-refractivity contribution in [3.8, 4) is 17.2 Å². The molecule has 2 aromatic heterocycles. The minimum atomic E-state index is 0.272. The highest BCUT2D eigenvalue weighted by Crippen LogP contribution is 2.35. The molecule has 1 N–H and O–H groups in total. The first-order valence-corrected chi connectivity index (χ1v) is 8.37. The molecule has 0 spiro atoms. The third-order valence-electron chi connectivity index (χ3n) is 4.67. The smallest absolute Gasteiger partial charge is 0.226 e. The minimum absolute atomic E-state index is 0.272. The van der Waals surface area contributed by atoms with Crippen molar-refractivity contribution in [3.63, 3.8) is 0 Å². The number of hydrogen-bond acceptors (Lipinski definition) is 5. The molecule has 25 heavy (non-hydrogen) atoms. The Morgan fingerprint density at radius 2 is 2.20 bits per heavy atom. The standard InChI is InChI=1S/C20H19N3O2/c1-24-16-6-2-4-14(10-16)20-23-17-11-13(7-8-18(17)25-20)19-15(12-21)5-3-9-22-19/h2-6,9-10,12-13,21H,7-8,11H2,1H3. The number of benzene rings is 1. The molecule has 4 rings (SSSR count). The van der Waals surface area contributed by atoms with Crippen molar-refractivity contribution in [1.29, 1.82) is 5.41 Å². The van der Waals surface area contributed by atoms with E-state index in [1.165, 1.54) is 6.21 Å². The highest BCUT2D eigenvalue weighted by atomic mass is 16.5. The maximum atomic E-state index is 7.59. The summed E-state index contributed by atoms with van der Waals surface area (Å²) >= 11 is 0. The number of ether oxygens (including phenoxy) is 1. The molecule has 0 saturated carbocycles. The van der Waals surface area contributed by atoms with E-state index in [1.54, 1.807) is 13.3 Å². The van der Waals surface area contributed by atoms with Crippen LogP contribution in [0.1, 0.15) is 35.1 Å². The molecular weight excluding hydrogens is 314 g/mol. The van der Waals surface area contributed by atoms with Gasteiger partial charge in [-0.25, -0.2) is 4.98 Å². The van der Waals surface area contributed by atoms with Crippen molar-refractivity contribution in [3.05, 3.63) is 65.3 Å². The summed E-state index contributed by atoms with van der Waals surface area (Å²) in [4.78, 5) is 9.23. The predicted octanol–water partition coefficient (Wildman–Crippen LogP) is 4.02. The van der Waals surface area contributed by atoms with Gasteiger partial charge in [-0.3, -0.25) is 4.98 Å². The molecule has 5 heteroatoms. The van der Waals surface area contributed by atoms with Gasteiger partial charge in [0.1, 0.15) is 11.5 Å². The zero-order chi connectivity index (χ0) is 17.2. The van der Waals surface area contributed by atoms with Gasteiger partial charge in [0.25, 0.3) is 0 Å². The Kier molecular flexibility index (Phi) is 4.06. The van der Waals surface area contributed by atoms with E-state index >= 15 is 0 Å². The largest absolute Gasteiger partial charge is 0.497 e. The van der Waals surface area contributed by atoms with Crippen LogP contribution in [0.4, 0.5) is 0 Å². The fraction of sp³-hybridized carbons (Fsp3) is 0.250. The van der Waals surface area contributed by atoms with Gasteiger partial charge in [0.15, 0.2) is 0 Å². The normalized spacial score (nSPS) is 16.3. The van der Waals surface area contributed by atoms with E-state index in [2.05, 4.69) is 4.98 Å². The first-order valence-electron chi connectivity index (χ1n) is 8.37. The number of oxazole rings is 1. The van der Waals surface area contributed by atoms with Gasteiger partial charge >= 0.3 is 0 Å². The summed E-state index contributed by atoms with van der Waals surface area (Å²) in [5.74, 6) is 2.66. The number of rotatable bonds is 4. The number of nitrogens with one attached hydrogen (secondary N) is 1. The van der Waals surface area contributed by atoms with Gasteiger partial charge in [0.2, 0.25) is 5.89 Å². The van der Waals surface area contributed by atoms with Crippen LogP contribution in [-0.4, -0.2) is 23.3 Å². The first-order chi connectivity index (χ1) is 12.3. The second-order valence-electron chi connectivity index (χ2n) is 6.18. The molecular formula is C20H19N3O2. The van der Waals surface area contributed by atoms with Crippen LogP contribution in [0.3, 0.4) is 0 Å². The number of nitrogens with zero attached hydrogens (tertiary/aromatic N) is 2. The van der Waals surface area contributed by atoms with Crippen molar-refractivity contribution in [2.45, 2.75) is 25.2 Å². The predicted molar refractivity (Wildman–Crippen MR) is 95.4 cm³/mol. The molecule has 3 aromatic rings. The zero-order valence-electron chi connectivity index (χ0n) is 14.0. The lowest BCUT2D eigenvalue weighted by Gasteiger charge is -2.20. The monoisotopic (exact) mass is 333 g/mol. The lowest BCUT2D eigenvalue weighted by Crippen LogP contribution is -2.15. The quantitative estimate of drug-likeness (QED) is 0.732. The molecule has 0 bridgehead atoms. The molecule has 1 aromatic carbocycles. The third kappa shape index (κ3) is 2.93. The zero-order valence-corrected chi connectivity index (χ0v) is 14.0. The van der Waals surface area contributed by atoms with Crippen molar-refractivity contribution >= 4 is 6.21 Å². The summed E-state index contributed by atoms with van der Waals surface area (Å²) in [6.45, 7) is 0.